The Morgan fingerprint density at radius 2 is 1.90 bits per heavy atom. The number of aliphatic carboxylic acids is 1. The smallest absolute Gasteiger partial charge is 0.307 e. The molecule has 0 bridgehead atoms. The van der Waals surface area contributed by atoms with Crippen LogP contribution < -0.4 is 10.1 Å². The van der Waals surface area contributed by atoms with Crippen LogP contribution in [-0.4, -0.2) is 30.1 Å². The fourth-order valence-corrected chi connectivity index (χ4v) is 2.69. The monoisotopic (exact) mass is 291 g/mol. The van der Waals surface area contributed by atoms with Crippen LogP contribution >= 0.6 is 0 Å². The Morgan fingerprint density at radius 1 is 1.19 bits per heavy atom. The van der Waals surface area contributed by atoms with Crippen LogP contribution in [0.15, 0.2) is 30.3 Å². The second-order valence-electron chi connectivity index (χ2n) is 5.29. The number of para-hydroxylation sites is 1. The number of amides is 1. The third kappa shape index (κ3) is 4.48. The molecule has 0 aliphatic heterocycles. The summed E-state index contributed by atoms with van der Waals surface area (Å²) in [5.74, 6) is -1.09. The van der Waals surface area contributed by atoms with Gasteiger partial charge in [-0.15, -0.1) is 0 Å². The quantitative estimate of drug-likeness (QED) is 0.754. The van der Waals surface area contributed by atoms with Crippen LogP contribution in [0.4, 0.5) is 0 Å². The molecule has 2 N–H and O–H groups in total. The molecule has 114 valence electrons. The zero-order chi connectivity index (χ0) is 15.1. The molecular formula is C16H21NO4. The van der Waals surface area contributed by atoms with Gasteiger partial charge in [0.25, 0.3) is 0 Å². The predicted molar refractivity (Wildman–Crippen MR) is 78.0 cm³/mol. The molecule has 1 amide bonds. The number of hydrogen-bond acceptors (Lipinski definition) is 3. The standard InChI is InChI=1S/C16H21NO4/c18-15(13-8-4-9-14(13)16(19)20)17-10-5-11-21-12-6-2-1-3-7-12/h1-3,6-7,13-14H,4-5,8-11H2,(H,17,18)(H,19,20). The molecule has 0 radical (unpaired) electrons. The topological polar surface area (TPSA) is 75.6 Å². The summed E-state index contributed by atoms with van der Waals surface area (Å²) in [4.78, 5) is 23.0. The Hall–Kier alpha value is -2.04. The van der Waals surface area contributed by atoms with Crippen molar-refractivity contribution in [2.75, 3.05) is 13.2 Å². The van der Waals surface area contributed by atoms with E-state index in [1.54, 1.807) is 0 Å². The van der Waals surface area contributed by atoms with E-state index in [9.17, 15) is 9.59 Å². The number of carboxylic acids is 1. The van der Waals surface area contributed by atoms with Gasteiger partial charge in [0.2, 0.25) is 5.91 Å². The molecule has 0 heterocycles. The lowest BCUT2D eigenvalue weighted by Crippen LogP contribution is -2.36. The number of carboxylic acid groups (broad SMARTS) is 1. The summed E-state index contributed by atoms with van der Waals surface area (Å²) < 4.78 is 5.53. The first-order valence-electron chi connectivity index (χ1n) is 7.37. The minimum Gasteiger partial charge on any atom is -0.494 e. The van der Waals surface area contributed by atoms with Crippen LogP contribution in [0, 0.1) is 11.8 Å². The Morgan fingerprint density at radius 3 is 2.62 bits per heavy atom. The van der Waals surface area contributed by atoms with E-state index in [0.717, 1.165) is 12.2 Å². The minimum atomic E-state index is -0.861. The van der Waals surface area contributed by atoms with Crippen LogP contribution in [0.3, 0.4) is 0 Å². The van der Waals surface area contributed by atoms with Crippen molar-refractivity contribution in [3.8, 4) is 5.75 Å². The average molecular weight is 291 g/mol. The van der Waals surface area contributed by atoms with Crippen molar-refractivity contribution in [3.05, 3.63) is 30.3 Å². The number of rotatable bonds is 7. The van der Waals surface area contributed by atoms with Gasteiger partial charge in [0.1, 0.15) is 5.75 Å². The summed E-state index contributed by atoms with van der Waals surface area (Å²) >= 11 is 0. The van der Waals surface area contributed by atoms with Gasteiger partial charge in [-0.25, -0.2) is 0 Å². The Labute approximate surface area is 124 Å². The van der Waals surface area contributed by atoms with E-state index in [0.29, 0.717) is 32.4 Å². The molecule has 1 aliphatic rings. The number of benzene rings is 1. The highest BCUT2D eigenvalue weighted by molar-refractivity contribution is 5.85. The summed E-state index contributed by atoms with van der Waals surface area (Å²) in [7, 11) is 0. The maximum atomic E-state index is 12.0. The summed E-state index contributed by atoms with van der Waals surface area (Å²) in [6, 6.07) is 9.50. The van der Waals surface area contributed by atoms with Crippen LogP contribution in [0.1, 0.15) is 25.7 Å². The zero-order valence-corrected chi connectivity index (χ0v) is 12.0. The summed E-state index contributed by atoms with van der Waals surface area (Å²) in [6.45, 7) is 1.03. The fourth-order valence-electron chi connectivity index (χ4n) is 2.69. The van der Waals surface area contributed by atoms with Gasteiger partial charge in [-0.3, -0.25) is 9.59 Å². The third-order valence-electron chi connectivity index (χ3n) is 3.80. The van der Waals surface area contributed by atoms with E-state index in [2.05, 4.69) is 5.32 Å². The number of nitrogens with one attached hydrogen (secondary N) is 1. The van der Waals surface area contributed by atoms with Gasteiger partial charge < -0.3 is 15.2 Å². The van der Waals surface area contributed by atoms with Crippen molar-refractivity contribution in [3.63, 3.8) is 0 Å². The molecule has 21 heavy (non-hydrogen) atoms. The van der Waals surface area contributed by atoms with Gasteiger partial charge in [0.05, 0.1) is 18.4 Å². The maximum absolute atomic E-state index is 12.0. The second kappa shape index (κ2) is 7.67. The molecule has 5 nitrogen and oxygen atoms in total. The van der Waals surface area contributed by atoms with Gasteiger partial charge in [-0.05, 0) is 31.4 Å². The van der Waals surface area contributed by atoms with E-state index in [-0.39, 0.29) is 11.8 Å². The number of hydrogen-bond donors (Lipinski definition) is 2. The molecule has 0 saturated heterocycles. The first-order chi connectivity index (χ1) is 10.2. The third-order valence-corrected chi connectivity index (χ3v) is 3.80. The van der Waals surface area contributed by atoms with Gasteiger partial charge >= 0.3 is 5.97 Å². The molecule has 1 aromatic rings. The Balaban J connectivity index is 1.64. The highest BCUT2D eigenvalue weighted by Gasteiger charge is 2.37. The second-order valence-corrected chi connectivity index (χ2v) is 5.29. The SMILES string of the molecule is O=C(O)C1CCCC1C(=O)NCCCOc1ccccc1. The van der Waals surface area contributed by atoms with E-state index in [1.165, 1.54) is 0 Å². The fraction of sp³-hybridized carbons (Fsp3) is 0.500. The predicted octanol–water partition coefficient (Wildman–Crippen LogP) is 2.07. The Kier molecular flexibility index (Phi) is 5.60. The van der Waals surface area contributed by atoms with E-state index in [1.807, 2.05) is 30.3 Å². The molecule has 5 heteroatoms. The van der Waals surface area contributed by atoms with Crippen molar-refractivity contribution in [2.45, 2.75) is 25.7 Å². The molecule has 0 spiro atoms. The highest BCUT2D eigenvalue weighted by atomic mass is 16.5. The van der Waals surface area contributed by atoms with Crippen LogP contribution in [0.2, 0.25) is 0 Å². The first-order valence-corrected chi connectivity index (χ1v) is 7.37. The zero-order valence-electron chi connectivity index (χ0n) is 12.0. The molecule has 1 fully saturated rings. The lowest BCUT2D eigenvalue weighted by Gasteiger charge is -2.15. The number of carbonyl (C=O) groups excluding carboxylic acids is 1. The minimum absolute atomic E-state index is 0.139. The number of ether oxygens (including phenoxy) is 1. The van der Waals surface area contributed by atoms with Gasteiger partial charge in [-0.1, -0.05) is 24.6 Å². The summed E-state index contributed by atoms with van der Waals surface area (Å²) in [5.41, 5.74) is 0. The molecule has 0 aromatic heterocycles. The van der Waals surface area contributed by atoms with Crippen molar-refractivity contribution >= 4 is 11.9 Å². The van der Waals surface area contributed by atoms with Crippen molar-refractivity contribution in [1.29, 1.82) is 0 Å². The molecule has 2 rings (SSSR count). The molecule has 1 aliphatic carbocycles. The van der Waals surface area contributed by atoms with Crippen LogP contribution in [0.25, 0.3) is 0 Å². The largest absolute Gasteiger partial charge is 0.494 e. The molecule has 1 saturated carbocycles. The normalized spacial score (nSPS) is 21.0. The molecular weight excluding hydrogens is 270 g/mol. The van der Waals surface area contributed by atoms with Crippen molar-refractivity contribution in [1.82, 2.24) is 5.32 Å². The van der Waals surface area contributed by atoms with Crippen molar-refractivity contribution in [2.24, 2.45) is 11.8 Å². The lowest BCUT2D eigenvalue weighted by molar-refractivity contribution is -0.146. The maximum Gasteiger partial charge on any atom is 0.307 e. The highest BCUT2D eigenvalue weighted by Crippen LogP contribution is 2.31. The van der Waals surface area contributed by atoms with Crippen molar-refractivity contribution < 1.29 is 19.4 Å². The molecule has 1 aromatic carbocycles. The van der Waals surface area contributed by atoms with E-state index >= 15 is 0 Å². The van der Waals surface area contributed by atoms with Crippen LogP contribution in [-0.2, 0) is 9.59 Å². The van der Waals surface area contributed by atoms with Gasteiger partial charge in [0.15, 0.2) is 0 Å². The molecule has 2 atom stereocenters. The summed E-state index contributed by atoms with van der Waals surface area (Å²) in [6.07, 6.45) is 2.78. The first kappa shape index (κ1) is 15.4. The molecule has 2 unspecified atom stereocenters. The van der Waals surface area contributed by atoms with E-state index < -0.39 is 11.9 Å². The number of carbonyl (C=O) groups is 2. The van der Waals surface area contributed by atoms with Crippen LogP contribution in [0.5, 0.6) is 5.75 Å². The Bertz CT molecular complexity index is 474. The van der Waals surface area contributed by atoms with E-state index in [4.69, 9.17) is 9.84 Å². The lowest BCUT2D eigenvalue weighted by atomic mass is 9.95. The van der Waals surface area contributed by atoms with Gasteiger partial charge in [0, 0.05) is 6.54 Å². The van der Waals surface area contributed by atoms with Gasteiger partial charge in [-0.2, -0.15) is 0 Å². The average Bonchev–Trinajstić information content (AvgIpc) is 2.97. The summed E-state index contributed by atoms with van der Waals surface area (Å²) in [5, 5.41) is 11.9.